The van der Waals surface area contributed by atoms with E-state index in [4.69, 9.17) is 9.47 Å². The Hall–Kier alpha value is -2.72. The van der Waals surface area contributed by atoms with Gasteiger partial charge >= 0.3 is 6.09 Å². The lowest BCUT2D eigenvalue weighted by Gasteiger charge is -2.28. The molecular formula is C29H34IN3O3S. The zero-order chi connectivity index (χ0) is 27.3. The number of anilines is 2. The maximum atomic E-state index is 13.5. The van der Waals surface area contributed by atoms with Gasteiger partial charge in [-0.3, -0.25) is 9.88 Å². The molecule has 0 spiro atoms. The fourth-order valence-corrected chi connectivity index (χ4v) is 5.07. The summed E-state index contributed by atoms with van der Waals surface area (Å²) in [6.07, 6.45) is 3.17. The molecule has 0 fully saturated rings. The molecule has 0 atom stereocenters. The highest BCUT2D eigenvalue weighted by Gasteiger charge is 2.26. The van der Waals surface area contributed by atoms with E-state index in [-0.39, 0.29) is 6.54 Å². The van der Waals surface area contributed by atoms with Crippen molar-refractivity contribution < 1.29 is 14.3 Å². The van der Waals surface area contributed by atoms with Gasteiger partial charge in [-0.15, -0.1) is 0 Å². The van der Waals surface area contributed by atoms with Crippen LogP contribution in [0, 0.1) is 20.8 Å². The van der Waals surface area contributed by atoms with Crippen LogP contribution in [0.25, 0.3) is 17.2 Å². The molecule has 0 radical (unpaired) electrons. The quantitative estimate of drug-likeness (QED) is 0.198. The standard InChI is InChI=1S/C29H34IN3O3S/c1-9-21-14-22(10-11-25(21)32-37-30)23-12-18(2)13-24(15-23)33(28(34)36-29(5,6)7)17-26-20(4)27(35-8)19(3)16-31-26/h9-16,32H,1,17H2,2-8H3. The normalized spacial score (nSPS) is 11.1. The Morgan fingerprint density at radius 1 is 1.16 bits per heavy atom. The summed E-state index contributed by atoms with van der Waals surface area (Å²) < 4.78 is 14.7. The first kappa shape index (κ1) is 28.8. The third-order valence-corrected chi connectivity index (χ3v) is 6.76. The van der Waals surface area contributed by atoms with Crippen LogP contribution in [0.4, 0.5) is 16.2 Å². The summed E-state index contributed by atoms with van der Waals surface area (Å²) in [7, 11) is 3.15. The minimum absolute atomic E-state index is 0.244. The smallest absolute Gasteiger partial charge is 0.415 e. The third kappa shape index (κ3) is 7.19. The Kier molecular flexibility index (Phi) is 9.52. The van der Waals surface area contributed by atoms with Gasteiger partial charge < -0.3 is 14.2 Å². The molecule has 0 unspecified atom stereocenters. The molecule has 8 heteroatoms. The fourth-order valence-electron chi connectivity index (χ4n) is 4.09. The van der Waals surface area contributed by atoms with E-state index in [1.807, 2.05) is 65.8 Å². The summed E-state index contributed by atoms with van der Waals surface area (Å²) in [5.74, 6) is 0.773. The van der Waals surface area contributed by atoms with Crippen molar-refractivity contribution in [3.05, 3.63) is 77.1 Å². The first-order valence-electron chi connectivity index (χ1n) is 11.9. The van der Waals surface area contributed by atoms with Crippen LogP contribution in [0.15, 0.2) is 49.2 Å². The lowest BCUT2D eigenvalue weighted by atomic mass is 9.99. The Balaban J connectivity index is 2.11. The summed E-state index contributed by atoms with van der Waals surface area (Å²) in [5, 5.41) is 0. The monoisotopic (exact) mass is 631 g/mol. The zero-order valence-electron chi connectivity index (χ0n) is 22.4. The SMILES string of the molecule is C=Cc1cc(-c2cc(C)cc(N(Cc3ncc(C)c(OC)c3C)C(=O)OC(C)(C)C)c2)ccc1NSI. The molecule has 0 saturated heterocycles. The molecule has 0 aliphatic rings. The molecule has 0 saturated carbocycles. The summed E-state index contributed by atoms with van der Waals surface area (Å²) in [6.45, 7) is 15.7. The van der Waals surface area contributed by atoms with Crippen LogP contribution in [0.3, 0.4) is 0 Å². The number of methoxy groups -OCH3 is 1. The second-order valence-corrected chi connectivity index (χ2v) is 11.5. The van der Waals surface area contributed by atoms with Crippen LogP contribution in [0.1, 0.15) is 48.7 Å². The largest absolute Gasteiger partial charge is 0.496 e. The maximum absolute atomic E-state index is 13.5. The molecule has 3 aromatic rings. The average molecular weight is 632 g/mol. The number of rotatable bonds is 8. The summed E-state index contributed by atoms with van der Waals surface area (Å²) >= 11 is 2.20. The minimum atomic E-state index is -0.645. The van der Waals surface area contributed by atoms with Gasteiger partial charge in [0.1, 0.15) is 11.4 Å². The summed E-state index contributed by atoms with van der Waals surface area (Å²) in [5.41, 5.74) is 7.72. The number of ether oxygens (including phenoxy) is 2. The molecule has 3 rings (SSSR count). The molecule has 0 aliphatic carbocycles. The van der Waals surface area contributed by atoms with Crippen molar-refractivity contribution in [1.82, 2.24) is 4.98 Å². The second kappa shape index (κ2) is 12.2. The van der Waals surface area contributed by atoms with E-state index >= 15 is 0 Å². The Morgan fingerprint density at radius 3 is 2.51 bits per heavy atom. The minimum Gasteiger partial charge on any atom is -0.496 e. The topological polar surface area (TPSA) is 63.7 Å². The van der Waals surface area contributed by atoms with E-state index in [1.165, 1.54) is 9.12 Å². The van der Waals surface area contributed by atoms with Gasteiger partial charge in [0.25, 0.3) is 0 Å². The number of amides is 1. The lowest BCUT2D eigenvalue weighted by molar-refractivity contribution is 0.0577. The molecule has 1 heterocycles. The van der Waals surface area contributed by atoms with Gasteiger partial charge in [-0.05, 0) is 88.1 Å². The van der Waals surface area contributed by atoms with Gasteiger partial charge in [0, 0.05) is 53.3 Å². The predicted molar refractivity (Wildman–Crippen MR) is 165 cm³/mol. The van der Waals surface area contributed by atoms with E-state index in [2.05, 4.69) is 55.7 Å². The summed E-state index contributed by atoms with van der Waals surface area (Å²) in [6, 6.07) is 12.3. The molecule has 1 N–H and O–H groups in total. The second-order valence-electron chi connectivity index (χ2n) is 9.86. The van der Waals surface area contributed by atoms with Gasteiger partial charge in [-0.2, -0.15) is 0 Å². The van der Waals surface area contributed by atoms with Crippen molar-refractivity contribution >= 4 is 53.9 Å². The molecule has 6 nitrogen and oxygen atoms in total. The molecule has 37 heavy (non-hydrogen) atoms. The summed E-state index contributed by atoms with van der Waals surface area (Å²) in [4.78, 5) is 19.8. The number of nitrogens with zero attached hydrogens (tertiary/aromatic N) is 2. The number of aromatic nitrogens is 1. The van der Waals surface area contributed by atoms with Crippen LogP contribution < -0.4 is 14.4 Å². The van der Waals surface area contributed by atoms with E-state index in [0.717, 1.165) is 56.2 Å². The maximum Gasteiger partial charge on any atom is 0.415 e. The molecule has 196 valence electrons. The van der Waals surface area contributed by atoms with Gasteiger partial charge in [-0.1, -0.05) is 24.8 Å². The van der Waals surface area contributed by atoms with E-state index in [1.54, 1.807) is 18.2 Å². The van der Waals surface area contributed by atoms with E-state index in [9.17, 15) is 4.79 Å². The first-order chi connectivity index (χ1) is 17.5. The third-order valence-electron chi connectivity index (χ3n) is 5.80. The number of nitrogens with one attached hydrogen (secondary N) is 1. The van der Waals surface area contributed by atoms with Crippen molar-refractivity contribution in [2.45, 2.75) is 53.7 Å². The van der Waals surface area contributed by atoms with Gasteiger partial charge in [0.05, 0.1) is 25.0 Å². The lowest BCUT2D eigenvalue weighted by Crippen LogP contribution is -2.37. The average Bonchev–Trinajstić information content (AvgIpc) is 2.82. The molecule has 0 aliphatic heterocycles. The van der Waals surface area contributed by atoms with Crippen molar-refractivity contribution in [2.24, 2.45) is 0 Å². The number of hydrogen-bond donors (Lipinski definition) is 1. The Bertz CT molecular complexity index is 1300. The van der Waals surface area contributed by atoms with Crippen molar-refractivity contribution in [3.8, 4) is 16.9 Å². The molecule has 2 aromatic carbocycles. The number of hydrogen-bond acceptors (Lipinski definition) is 6. The van der Waals surface area contributed by atoms with Crippen LogP contribution in [0.2, 0.25) is 0 Å². The van der Waals surface area contributed by atoms with Crippen LogP contribution >= 0.6 is 30.3 Å². The van der Waals surface area contributed by atoms with E-state index in [0.29, 0.717) is 0 Å². The highest BCUT2D eigenvalue weighted by molar-refractivity contribution is 14.2. The Labute approximate surface area is 236 Å². The van der Waals surface area contributed by atoms with Gasteiger partial charge in [-0.25, -0.2) is 4.79 Å². The zero-order valence-corrected chi connectivity index (χ0v) is 25.4. The van der Waals surface area contributed by atoms with E-state index < -0.39 is 11.7 Å². The first-order valence-corrected chi connectivity index (χ1v) is 15.2. The fraction of sp³-hybridized carbons (Fsp3) is 0.310. The van der Waals surface area contributed by atoms with Crippen molar-refractivity contribution in [3.63, 3.8) is 0 Å². The number of aryl methyl sites for hydroxylation is 2. The Morgan fingerprint density at radius 2 is 1.89 bits per heavy atom. The van der Waals surface area contributed by atoms with Gasteiger partial charge in [0.2, 0.25) is 0 Å². The van der Waals surface area contributed by atoms with Crippen LogP contribution in [-0.2, 0) is 11.3 Å². The number of pyridine rings is 1. The molecule has 1 amide bonds. The van der Waals surface area contributed by atoms with Crippen LogP contribution in [-0.4, -0.2) is 23.8 Å². The highest BCUT2D eigenvalue weighted by atomic mass is 127. The molecular weight excluding hydrogens is 597 g/mol. The number of carbonyl (C=O) groups excluding carboxylic acids is 1. The number of benzene rings is 2. The highest BCUT2D eigenvalue weighted by Crippen LogP contribution is 2.33. The van der Waals surface area contributed by atoms with Crippen molar-refractivity contribution in [2.75, 3.05) is 16.7 Å². The predicted octanol–water partition coefficient (Wildman–Crippen LogP) is 8.68. The number of carbonyl (C=O) groups is 1. The van der Waals surface area contributed by atoms with Gasteiger partial charge in [0.15, 0.2) is 0 Å². The number of halogens is 1. The molecule has 0 bridgehead atoms. The van der Waals surface area contributed by atoms with Crippen molar-refractivity contribution in [1.29, 1.82) is 0 Å². The van der Waals surface area contributed by atoms with Crippen LogP contribution in [0.5, 0.6) is 5.75 Å². The molecule has 1 aromatic heterocycles.